The Morgan fingerprint density at radius 1 is 1.21 bits per heavy atom. The zero-order valence-electron chi connectivity index (χ0n) is 20.1. The molecule has 34 heavy (non-hydrogen) atoms. The van der Waals surface area contributed by atoms with Crippen LogP contribution in [-0.4, -0.2) is 56.9 Å². The molecule has 0 aromatic heterocycles. The Bertz CT molecular complexity index is 1100. The van der Waals surface area contributed by atoms with Crippen LogP contribution in [0.3, 0.4) is 0 Å². The second-order valence-corrected chi connectivity index (χ2v) is 11.2. The van der Waals surface area contributed by atoms with Crippen molar-refractivity contribution >= 4 is 21.8 Å². The number of benzene rings is 2. The van der Waals surface area contributed by atoms with Crippen molar-refractivity contribution < 1.29 is 27.4 Å². The van der Waals surface area contributed by atoms with Crippen molar-refractivity contribution in [3.05, 3.63) is 53.6 Å². The van der Waals surface area contributed by atoms with E-state index < -0.39 is 28.2 Å². The number of amides is 1. The van der Waals surface area contributed by atoms with E-state index in [0.29, 0.717) is 24.4 Å². The Morgan fingerprint density at radius 3 is 2.44 bits per heavy atom. The smallest absolute Gasteiger partial charge is 0.407 e. The molecule has 1 heterocycles. The zero-order chi connectivity index (χ0) is 25.0. The molecule has 2 aromatic rings. The standard InChI is InChI=1S/C25H33FN2O5S/c1-17(2)14-28(24-10-5-18(3)13-19(24)4)34(31,32)22-8-6-21(7-9-22)33-16-20-11-12-27(25(29)30)15-23(20)26/h5-10,13,17,20,23H,11-12,14-16H2,1-4H3,(H,29,30). The molecular weight excluding hydrogens is 459 g/mol. The third-order valence-corrected chi connectivity index (χ3v) is 7.77. The summed E-state index contributed by atoms with van der Waals surface area (Å²) in [6.07, 6.45) is -2.04. The number of hydrogen-bond donors (Lipinski definition) is 1. The minimum Gasteiger partial charge on any atom is -0.493 e. The Kier molecular flexibility index (Phi) is 8.07. The van der Waals surface area contributed by atoms with Gasteiger partial charge >= 0.3 is 6.09 Å². The van der Waals surface area contributed by atoms with Crippen molar-refractivity contribution in [2.24, 2.45) is 11.8 Å². The van der Waals surface area contributed by atoms with E-state index in [1.54, 1.807) is 12.1 Å². The maximum atomic E-state index is 14.3. The number of ether oxygens (including phenoxy) is 1. The molecule has 1 N–H and O–H groups in total. The Balaban J connectivity index is 1.73. The molecule has 2 atom stereocenters. The number of aryl methyl sites for hydroxylation is 2. The molecule has 1 fully saturated rings. The maximum absolute atomic E-state index is 14.3. The molecule has 0 bridgehead atoms. The molecule has 9 heteroatoms. The summed E-state index contributed by atoms with van der Waals surface area (Å²) in [5, 5.41) is 9.00. The van der Waals surface area contributed by atoms with Crippen LogP contribution in [0.5, 0.6) is 5.75 Å². The number of halogens is 1. The third-order valence-electron chi connectivity index (χ3n) is 5.97. The van der Waals surface area contributed by atoms with Gasteiger partial charge in [-0.3, -0.25) is 4.31 Å². The second kappa shape index (κ2) is 10.6. The number of sulfonamides is 1. The van der Waals surface area contributed by atoms with E-state index in [-0.39, 0.29) is 30.5 Å². The van der Waals surface area contributed by atoms with Crippen molar-refractivity contribution in [1.29, 1.82) is 0 Å². The van der Waals surface area contributed by atoms with Crippen LogP contribution in [-0.2, 0) is 10.0 Å². The summed E-state index contributed by atoms with van der Waals surface area (Å²) in [5.41, 5.74) is 2.61. The van der Waals surface area contributed by atoms with E-state index >= 15 is 0 Å². The van der Waals surface area contributed by atoms with E-state index in [1.807, 2.05) is 45.9 Å². The highest BCUT2D eigenvalue weighted by atomic mass is 32.2. The number of likely N-dealkylation sites (tertiary alicyclic amines) is 1. The highest BCUT2D eigenvalue weighted by Gasteiger charge is 2.32. The first-order valence-electron chi connectivity index (χ1n) is 11.4. The minimum absolute atomic E-state index is 0.1000. The maximum Gasteiger partial charge on any atom is 0.407 e. The fourth-order valence-corrected chi connectivity index (χ4v) is 5.79. The van der Waals surface area contributed by atoms with Gasteiger partial charge in [-0.25, -0.2) is 17.6 Å². The largest absolute Gasteiger partial charge is 0.493 e. The Morgan fingerprint density at radius 2 is 1.88 bits per heavy atom. The van der Waals surface area contributed by atoms with Crippen LogP contribution < -0.4 is 9.04 Å². The van der Waals surface area contributed by atoms with Crippen LogP contribution in [0.2, 0.25) is 0 Å². The fraction of sp³-hybridized carbons (Fsp3) is 0.480. The number of carboxylic acid groups (broad SMARTS) is 1. The van der Waals surface area contributed by atoms with Crippen molar-refractivity contribution in [3.63, 3.8) is 0 Å². The number of piperidine rings is 1. The normalized spacial score (nSPS) is 18.7. The second-order valence-electron chi connectivity index (χ2n) is 9.30. The quantitative estimate of drug-likeness (QED) is 0.568. The molecule has 0 spiro atoms. The summed E-state index contributed by atoms with van der Waals surface area (Å²) >= 11 is 0. The highest BCUT2D eigenvalue weighted by Crippen LogP contribution is 2.30. The molecule has 0 radical (unpaired) electrons. The lowest BCUT2D eigenvalue weighted by Gasteiger charge is -2.32. The van der Waals surface area contributed by atoms with Gasteiger partial charge in [-0.05, 0) is 62.1 Å². The summed E-state index contributed by atoms with van der Waals surface area (Å²) in [4.78, 5) is 12.2. The molecule has 2 unspecified atom stereocenters. The van der Waals surface area contributed by atoms with Crippen LogP contribution in [0.4, 0.5) is 14.9 Å². The summed E-state index contributed by atoms with van der Waals surface area (Å²) in [6.45, 7) is 8.37. The fourth-order valence-electron chi connectivity index (χ4n) is 4.10. The van der Waals surface area contributed by atoms with Gasteiger partial charge in [-0.15, -0.1) is 0 Å². The lowest BCUT2D eigenvalue weighted by molar-refractivity contribution is 0.0551. The molecule has 2 aromatic carbocycles. The van der Waals surface area contributed by atoms with Crippen LogP contribution >= 0.6 is 0 Å². The summed E-state index contributed by atoms with van der Waals surface area (Å²) in [6, 6.07) is 11.9. The van der Waals surface area contributed by atoms with Gasteiger partial charge in [0.05, 0.1) is 23.7 Å². The van der Waals surface area contributed by atoms with Gasteiger partial charge < -0.3 is 14.7 Å². The first kappa shape index (κ1) is 25.8. The van der Waals surface area contributed by atoms with Gasteiger partial charge in [0.25, 0.3) is 10.0 Å². The molecule has 1 saturated heterocycles. The molecule has 1 amide bonds. The molecule has 0 saturated carbocycles. The number of alkyl halides is 1. The van der Waals surface area contributed by atoms with Gasteiger partial charge in [-0.2, -0.15) is 0 Å². The van der Waals surface area contributed by atoms with Crippen molar-refractivity contribution in [2.75, 3.05) is 30.5 Å². The number of nitrogens with zero attached hydrogens (tertiary/aromatic N) is 2. The monoisotopic (exact) mass is 492 g/mol. The molecule has 186 valence electrons. The lowest BCUT2D eigenvalue weighted by atomic mass is 9.96. The summed E-state index contributed by atoms with van der Waals surface area (Å²) in [7, 11) is -3.80. The first-order chi connectivity index (χ1) is 16.0. The van der Waals surface area contributed by atoms with E-state index in [4.69, 9.17) is 9.84 Å². The first-order valence-corrected chi connectivity index (χ1v) is 12.9. The van der Waals surface area contributed by atoms with Crippen LogP contribution in [0, 0.1) is 25.7 Å². The average molecular weight is 493 g/mol. The van der Waals surface area contributed by atoms with Crippen LogP contribution in [0.25, 0.3) is 0 Å². The molecule has 1 aliphatic heterocycles. The van der Waals surface area contributed by atoms with E-state index in [0.717, 1.165) is 16.0 Å². The number of rotatable bonds is 8. The Hall–Kier alpha value is -2.81. The summed E-state index contributed by atoms with van der Waals surface area (Å²) in [5.74, 6) is 0.151. The van der Waals surface area contributed by atoms with Gasteiger partial charge in [0, 0.05) is 19.0 Å². The van der Waals surface area contributed by atoms with Gasteiger partial charge in [0.1, 0.15) is 11.9 Å². The van der Waals surface area contributed by atoms with Crippen LogP contribution in [0.1, 0.15) is 31.4 Å². The van der Waals surface area contributed by atoms with Crippen molar-refractivity contribution in [1.82, 2.24) is 4.90 Å². The summed E-state index contributed by atoms with van der Waals surface area (Å²) < 4.78 is 48.5. The molecular formula is C25H33FN2O5S. The zero-order valence-corrected chi connectivity index (χ0v) is 20.9. The van der Waals surface area contributed by atoms with Gasteiger partial charge in [-0.1, -0.05) is 31.5 Å². The van der Waals surface area contributed by atoms with E-state index in [9.17, 15) is 17.6 Å². The van der Waals surface area contributed by atoms with Crippen molar-refractivity contribution in [2.45, 2.75) is 45.2 Å². The molecule has 3 rings (SSSR count). The van der Waals surface area contributed by atoms with Crippen molar-refractivity contribution in [3.8, 4) is 5.75 Å². The topological polar surface area (TPSA) is 87.2 Å². The molecule has 7 nitrogen and oxygen atoms in total. The number of carbonyl (C=O) groups is 1. The van der Waals surface area contributed by atoms with E-state index in [2.05, 4.69) is 0 Å². The van der Waals surface area contributed by atoms with Gasteiger partial charge in [0.15, 0.2) is 0 Å². The van der Waals surface area contributed by atoms with Crippen LogP contribution in [0.15, 0.2) is 47.4 Å². The number of anilines is 1. The predicted octanol–water partition coefficient (Wildman–Crippen LogP) is 4.87. The highest BCUT2D eigenvalue weighted by molar-refractivity contribution is 7.92. The lowest BCUT2D eigenvalue weighted by Crippen LogP contribution is -2.45. The Labute approximate surface area is 201 Å². The number of hydrogen-bond acceptors (Lipinski definition) is 4. The SMILES string of the molecule is Cc1ccc(N(CC(C)C)S(=O)(=O)c2ccc(OCC3CCN(C(=O)O)CC3F)cc2)c(C)c1. The minimum atomic E-state index is -3.80. The van der Waals surface area contributed by atoms with E-state index in [1.165, 1.54) is 16.4 Å². The average Bonchev–Trinajstić information content (AvgIpc) is 2.77. The predicted molar refractivity (Wildman–Crippen MR) is 130 cm³/mol. The molecule has 1 aliphatic rings. The molecule has 0 aliphatic carbocycles. The van der Waals surface area contributed by atoms with Gasteiger partial charge in [0.2, 0.25) is 0 Å². The third kappa shape index (κ3) is 6.00.